The van der Waals surface area contributed by atoms with E-state index in [1.165, 1.54) is 0 Å². The van der Waals surface area contributed by atoms with Crippen molar-refractivity contribution in [3.8, 4) is 12.8 Å². The van der Waals surface area contributed by atoms with Crippen LogP contribution >= 0.6 is 0 Å². The third-order valence-corrected chi connectivity index (χ3v) is 3.94. The average molecular weight is 383 g/mol. The van der Waals surface area contributed by atoms with Gasteiger partial charge in [0.2, 0.25) is 11.8 Å². The van der Waals surface area contributed by atoms with E-state index in [2.05, 4.69) is 38.9 Å². The van der Waals surface area contributed by atoms with Crippen LogP contribution in [0.1, 0.15) is 86.5 Å². The summed E-state index contributed by atoms with van der Waals surface area (Å²) in [5.74, 6) is 1.07. The number of Topliss-reactive ketones (excluding diaryl/α,β-unsaturated/α-hetero) is 1. The molecule has 0 unspecified atom stereocenters. The van der Waals surface area contributed by atoms with Crippen LogP contribution in [0.2, 0.25) is 0 Å². The Labute approximate surface area is 167 Å². The third kappa shape index (κ3) is 16.1. The standard InChI is InChI=1S/C11H20N2O2.C7H14O.C2H6.C2H2/c1-3-4-7-10(14)13-8-5-6-9(13)11(15)12-2;1-6(2)4-5-7(3)8;2*1-2/h9H,3-8H2,1-2H3,(H,12,15);6H,4-5H2,1-3H3;1-2H3;1-2H/t9-;;;/m0.../s1. The topological polar surface area (TPSA) is 66.5 Å². The number of ketones is 1. The predicted molar refractivity (Wildman–Crippen MR) is 114 cm³/mol. The van der Waals surface area contributed by atoms with E-state index >= 15 is 0 Å². The minimum Gasteiger partial charge on any atom is -0.357 e. The highest BCUT2D eigenvalue weighted by molar-refractivity contribution is 5.88. The van der Waals surface area contributed by atoms with Gasteiger partial charge in [0.25, 0.3) is 0 Å². The Bertz CT molecular complexity index is 417. The van der Waals surface area contributed by atoms with Gasteiger partial charge >= 0.3 is 0 Å². The van der Waals surface area contributed by atoms with Crippen LogP contribution in [0.15, 0.2) is 0 Å². The van der Waals surface area contributed by atoms with Gasteiger partial charge in [-0.1, -0.05) is 41.0 Å². The highest BCUT2D eigenvalue weighted by Gasteiger charge is 2.32. The number of rotatable bonds is 7. The second-order valence-electron chi connectivity index (χ2n) is 6.60. The lowest BCUT2D eigenvalue weighted by molar-refractivity contribution is -0.138. The number of likely N-dealkylation sites (tertiary alicyclic amines) is 1. The maximum Gasteiger partial charge on any atom is 0.242 e. The maximum absolute atomic E-state index is 11.8. The third-order valence-electron chi connectivity index (χ3n) is 3.94. The molecule has 0 aromatic heterocycles. The van der Waals surface area contributed by atoms with Gasteiger partial charge in [0, 0.05) is 26.4 Å². The number of carbonyl (C=O) groups excluding carboxylic acids is 3. The predicted octanol–water partition coefficient (Wildman–Crippen LogP) is 4.20. The van der Waals surface area contributed by atoms with Gasteiger partial charge in [-0.3, -0.25) is 9.59 Å². The summed E-state index contributed by atoms with van der Waals surface area (Å²) in [4.78, 5) is 35.4. The Morgan fingerprint density at radius 2 is 1.70 bits per heavy atom. The maximum atomic E-state index is 11.8. The van der Waals surface area contributed by atoms with Crippen LogP contribution in [0.25, 0.3) is 0 Å². The highest BCUT2D eigenvalue weighted by atomic mass is 16.2. The first-order valence-electron chi connectivity index (χ1n) is 10.2. The number of likely N-dealkylation sites (N-methyl/N-ethyl adjacent to an activating group) is 1. The molecule has 1 saturated heterocycles. The minimum atomic E-state index is -0.223. The molecule has 0 spiro atoms. The number of unbranched alkanes of at least 4 members (excludes halogenated alkanes) is 1. The molecule has 1 rings (SSSR count). The summed E-state index contributed by atoms with van der Waals surface area (Å²) < 4.78 is 0. The van der Waals surface area contributed by atoms with Gasteiger partial charge in [0.1, 0.15) is 11.8 Å². The second-order valence-corrected chi connectivity index (χ2v) is 6.60. The molecule has 5 heteroatoms. The van der Waals surface area contributed by atoms with Crippen LogP contribution in [-0.2, 0) is 14.4 Å². The first-order valence-corrected chi connectivity index (χ1v) is 10.2. The number of carbonyl (C=O) groups is 3. The van der Waals surface area contributed by atoms with Crippen molar-refractivity contribution in [2.24, 2.45) is 5.92 Å². The Kier molecular flexibility index (Phi) is 22.7. The van der Waals surface area contributed by atoms with E-state index in [9.17, 15) is 14.4 Å². The molecule has 0 bridgehead atoms. The van der Waals surface area contributed by atoms with E-state index in [0.29, 0.717) is 18.1 Å². The van der Waals surface area contributed by atoms with Gasteiger partial charge in [-0.05, 0) is 38.5 Å². The fourth-order valence-electron chi connectivity index (χ4n) is 2.47. The van der Waals surface area contributed by atoms with Crippen LogP contribution in [0.5, 0.6) is 0 Å². The molecule has 0 aromatic rings. The molecule has 1 atom stereocenters. The molecule has 1 aliphatic rings. The molecule has 0 radical (unpaired) electrons. The number of amides is 2. The van der Waals surface area contributed by atoms with E-state index in [1.807, 2.05) is 13.8 Å². The zero-order valence-corrected chi connectivity index (χ0v) is 18.6. The molecule has 1 aliphatic heterocycles. The molecule has 1 heterocycles. The Morgan fingerprint density at radius 3 is 2.07 bits per heavy atom. The van der Waals surface area contributed by atoms with Crippen LogP contribution in [-0.4, -0.2) is 42.1 Å². The zero-order valence-electron chi connectivity index (χ0n) is 18.6. The molecule has 27 heavy (non-hydrogen) atoms. The molecule has 1 N–H and O–H groups in total. The first-order chi connectivity index (χ1) is 12.8. The molecule has 158 valence electrons. The van der Waals surface area contributed by atoms with Crippen molar-refractivity contribution in [3.05, 3.63) is 0 Å². The van der Waals surface area contributed by atoms with Gasteiger partial charge in [0.05, 0.1) is 0 Å². The van der Waals surface area contributed by atoms with Crippen molar-refractivity contribution in [3.63, 3.8) is 0 Å². The summed E-state index contributed by atoms with van der Waals surface area (Å²) in [6.45, 7) is 12.7. The minimum absolute atomic E-state index is 0.0302. The fourth-order valence-corrected chi connectivity index (χ4v) is 2.47. The van der Waals surface area contributed by atoms with E-state index in [4.69, 9.17) is 0 Å². The monoisotopic (exact) mass is 382 g/mol. The van der Waals surface area contributed by atoms with Gasteiger partial charge in [-0.25, -0.2) is 0 Å². The summed E-state index contributed by atoms with van der Waals surface area (Å²) in [5.41, 5.74) is 0. The SMILES string of the molecule is C#C.CC.CC(=O)CCC(C)C.CCCCC(=O)N1CCC[C@H]1C(=O)NC. The number of nitrogens with zero attached hydrogens (tertiary/aromatic N) is 1. The van der Waals surface area contributed by atoms with Crippen LogP contribution in [0, 0.1) is 18.8 Å². The van der Waals surface area contributed by atoms with Gasteiger partial charge < -0.3 is 15.0 Å². The van der Waals surface area contributed by atoms with Crippen molar-refractivity contribution < 1.29 is 14.4 Å². The zero-order chi connectivity index (χ0) is 21.8. The molecule has 0 aromatic carbocycles. The van der Waals surface area contributed by atoms with E-state index in [1.54, 1.807) is 18.9 Å². The van der Waals surface area contributed by atoms with Crippen molar-refractivity contribution in [2.45, 2.75) is 92.5 Å². The average Bonchev–Trinajstić information content (AvgIpc) is 3.17. The lowest BCUT2D eigenvalue weighted by Crippen LogP contribution is -2.44. The molecule has 0 saturated carbocycles. The van der Waals surface area contributed by atoms with Crippen molar-refractivity contribution >= 4 is 17.6 Å². The van der Waals surface area contributed by atoms with Crippen LogP contribution in [0.3, 0.4) is 0 Å². The number of hydrogen-bond donors (Lipinski definition) is 1. The molecule has 5 nitrogen and oxygen atoms in total. The Hall–Kier alpha value is -1.83. The van der Waals surface area contributed by atoms with Crippen molar-refractivity contribution in [1.29, 1.82) is 0 Å². The molecule has 1 fully saturated rings. The lowest BCUT2D eigenvalue weighted by Gasteiger charge is -2.23. The molecular formula is C22H42N2O3. The Morgan fingerprint density at radius 1 is 1.15 bits per heavy atom. The number of terminal acetylenes is 1. The van der Waals surface area contributed by atoms with Crippen molar-refractivity contribution in [2.75, 3.05) is 13.6 Å². The first kappa shape index (κ1) is 29.9. The highest BCUT2D eigenvalue weighted by Crippen LogP contribution is 2.19. The van der Waals surface area contributed by atoms with Gasteiger partial charge in [-0.15, -0.1) is 12.8 Å². The smallest absolute Gasteiger partial charge is 0.242 e. The number of nitrogens with one attached hydrogen (secondary N) is 1. The van der Waals surface area contributed by atoms with E-state index < -0.39 is 0 Å². The molecular weight excluding hydrogens is 340 g/mol. The number of hydrogen-bond acceptors (Lipinski definition) is 3. The summed E-state index contributed by atoms with van der Waals surface area (Å²) in [5, 5.41) is 2.62. The van der Waals surface area contributed by atoms with E-state index in [0.717, 1.165) is 45.1 Å². The molecule has 0 aliphatic carbocycles. The van der Waals surface area contributed by atoms with E-state index in [-0.39, 0.29) is 17.9 Å². The normalized spacial score (nSPS) is 14.6. The summed E-state index contributed by atoms with van der Waals surface area (Å²) in [7, 11) is 1.62. The van der Waals surface area contributed by atoms with Crippen LogP contribution < -0.4 is 5.32 Å². The van der Waals surface area contributed by atoms with Crippen molar-refractivity contribution in [1.82, 2.24) is 10.2 Å². The van der Waals surface area contributed by atoms with Gasteiger partial charge in [0.15, 0.2) is 0 Å². The quantitative estimate of drug-likeness (QED) is 0.671. The Balaban J connectivity index is -0.000000408. The molecule has 2 amide bonds. The summed E-state index contributed by atoms with van der Waals surface area (Å²) in [6, 6.07) is -0.223. The van der Waals surface area contributed by atoms with Crippen LogP contribution in [0.4, 0.5) is 0 Å². The fraction of sp³-hybridized carbons (Fsp3) is 0.773. The summed E-state index contributed by atoms with van der Waals surface area (Å²) >= 11 is 0. The summed E-state index contributed by atoms with van der Waals surface area (Å²) in [6.07, 6.45) is 14.0. The van der Waals surface area contributed by atoms with Gasteiger partial charge in [-0.2, -0.15) is 0 Å². The lowest BCUT2D eigenvalue weighted by atomic mass is 10.1. The largest absolute Gasteiger partial charge is 0.357 e. The second kappa shape index (κ2) is 20.5.